The lowest BCUT2D eigenvalue weighted by atomic mass is 9.86. The highest BCUT2D eigenvalue weighted by atomic mass is 16.6. The molecule has 0 unspecified atom stereocenters. The molecule has 0 saturated carbocycles. The molecule has 0 aromatic heterocycles. The summed E-state index contributed by atoms with van der Waals surface area (Å²) in [5, 5.41) is 10.1. The van der Waals surface area contributed by atoms with Crippen LogP contribution in [0.4, 0.5) is 0 Å². The van der Waals surface area contributed by atoms with Crippen LogP contribution in [0.15, 0.2) is 42.6 Å². The Morgan fingerprint density at radius 1 is 0.938 bits per heavy atom. The molecule has 0 spiro atoms. The zero-order valence-corrected chi connectivity index (χ0v) is 19.4. The Labute approximate surface area is 188 Å². The predicted molar refractivity (Wildman–Crippen MR) is 121 cm³/mol. The molecule has 0 fully saturated rings. The van der Waals surface area contributed by atoms with Crippen LogP contribution in [0, 0.1) is 20.9 Å². The summed E-state index contributed by atoms with van der Waals surface area (Å²) in [4.78, 5) is 56.5. The van der Waals surface area contributed by atoms with Gasteiger partial charge in [-0.25, -0.2) is 0 Å². The normalized spacial score (nSPS) is 13.9. The number of hydrogen-bond donors (Lipinski definition) is 0. The number of amides is 2. The lowest BCUT2D eigenvalue weighted by molar-refractivity contribution is -0.400. The maximum Gasteiger partial charge on any atom is 0.253 e. The van der Waals surface area contributed by atoms with Gasteiger partial charge in [-0.15, -0.1) is 0 Å². The molecule has 0 saturated heterocycles. The Balaban J connectivity index is 0.000000323. The smallest absolute Gasteiger partial charge is 0.253 e. The van der Waals surface area contributed by atoms with E-state index in [0.717, 1.165) is 11.1 Å². The van der Waals surface area contributed by atoms with E-state index < -0.39 is 15.8 Å². The Bertz CT molecular complexity index is 926. The Hall–Kier alpha value is -3.42. The van der Waals surface area contributed by atoms with Gasteiger partial charge in [-0.2, -0.15) is 0 Å². The summed E-state index contributed by atoms with van der Waals surface area (Å²) in [6.07, 6.45) is 4.95. The monoisotopic (exact) mass is 442 g/mol. The van der Waals surface area contributed by atoms with Gasteiger partial charge in [-0.3, -0.25) is 34.2 Å². The van der Waals surface area contributed by atoms with Gasteiger partial charge in [0.2, 0.25) is 6.20 Å². The fraction of sp³-hybridized carbons (Fsp3) is 0.417. The van der Waals surface area contributed by atoms with Crippen LogP contribution in [0.3, 0.4) is 0 Å². The lowest BCUT2D eigenvalue weighted by Gasteiger charge is -2.19. The number of carbonyl (C=O) groups excluding carboxylic acids is 4. The van der Waals surface area contributed by atoms with E-state index in [1.54, 1.807) is 24.3 Å². The number of nitro groups is 1. The van der Waals surface area contributed by atoms with Crippen LogP contribution >= 0.6 is 0 Å². The average molecular weight is 443 g/mol. The number of rotatable bonds is 6. The van der Waals surface area contributed by atoms with Crippen LogP contribution in [0.1, 0.15) is 63.9 Å². The summed E-state index contributed by atoms with van der Waals surface area (Å²) in [6, 6.07) is 6.76. The van der Waals surface area contributed by atoms with Gasteiger partial charge in [0.05, 0.1) is 4.92 Å². The number of imide groups is 1. The number of ketones is 2. The summed E-state index contributed by atoms with van der Waals surface area (Å²) in [5.41, 5.74) is 0.486. The van der Waals surface area contributed by atoms with Crippen LogP contribution in [0.25, 0.3) is 6.08 Å². The first kappa shape index (κ1) is 26.6. The number of Topliss-reactive ketones (excluding diaryl/α,β-unsaturated/α-hetero) is 2. The van der Waals surface area contributed by atoms with Gasteiger partial charge in [-0.1, -0.05) is 65.8 Å². The van der Waals surface area contributed by atoms with E-state index in [1.807, 2.05) is 41.5 Å². The standard InChI is InChI=1S/C13H15NO3.C11H15NO3/c1-13(2,3)12(15)11-6-4-10(5-7-11)8-9-14(16)17;1-11(2,3)8(13)6-7-12-9(14)4-5-10(12)15/h4-9H,1-3H3;4-5H,6-7H2,1-3H3/b9-8-;. The van der Waals surface area contributed by atoms with Crippen LogP contribution in [-0.4, -0.2) is 39.7 Å². The Morgan fingerprint density at radius 3 is 1.84 bits per heavy atom. The molecule has 32 heavy (non-hydrogen) atoms. The van der Waals surface area contributed by atoms with Crippen molar-refractivity contribution >= 4 is 29.5 Å². The number of hydrogen-bond acceptors (Lipinski definition) is 6. The van der Waals surface area contributed by atoms with Crippen molar-refractivity contribution < 1.29 is 24.1 Å². The molecular formula is C24H30N2O6. The van der Waals surface area contributed by atoms with E-state index in [4.69, 9.17) is 0 Å². The van der Waals surface area contributed by atoms with Gasteiger partial charge in [0, 0.05) is 47.6 Å². The first-order chi connectivity index (χ1) is 14.6. The molecule has 1 aromatic carbocycles. The van der Waals surface area contributed by atoms with Crippen molar-refractivity contribution in [2.75, 3.05) is 6.54 Å². The maximum absolute atomic E-state index is 11.9. The minimum absolute atomic E-state index is 0.0509. The summed E-state index contributed by atoms with van der Waals surface area (Å²) in [7, 11) is 0. The predicted octanol–water partition coefficient (Wildman–Crippen LogP) is 4.08. The molecule has 172 valence electrons. The van der Waals surface area contributed by atoms with Gasteiger partial charge < -0.3 is 0 Å². The van der Waals surface area contributed by atoms with E-state index >= 15 is 0 Å². The molecule has 1 aliphatic heterocycles. The van der Waals surface area contributed by atoms with Crippen molar-refractivity contribution in [3.8, 4) is 0 Å². The molecule has 0 radical (unpaired) electrons. The Kier molecular flexibility index (Phi) is 8.94. The molecule has 8 heteroatoms. The van der Waals surface area contributed by atoms with Gasteiger partial charge in [-0.05, 0) is 5.56 Å². The minimum Gasteiger partial charge on any atom is -0.299 e. The molecule has 0 bridgehead atoms. The molecule has 1 aliphatic rings. The van der Waals surface area contributed by atoms with Crippen LogP contribution in [0.2, 0.25) is 0 Å². The lowest BCUT2D eigenvalue weighted by Crippen LogP contribution is -2.34. The first-order valence-electron chi connectivity index (χ1n) is 10.2. The quantitative estimate of drug-likeness (QED) is 0.284. The van der Waals surface area contributed by atoms with Gasteiger partial charge in [0.15, 0.2) is 5.78 Å². The average Bonchev–Trinajstić information content (AvgIpc) is 3.01. The van der Waals surface area contributed by atoms with Crippen molar-refractivity contribution in [1.29, 1.82) is 0 Å². The number of nitrogens with zero attached hydrogens (tertiary/aromatic N) is 2. The molecule has 0 atom stereocenters. The highest BCUT2D eigenvalue weighted by Gasteiger charge is 2.27. The van der Waals surface area contributed by atoms with Crippen molar-refractivity contribution in [1.82, 2.24) is 4.90 Å². The van der Waals surface area contributed by atoms with E-state index in [1.165, 1.54) is 18.2 Å². The molecule has 2 amide bonds. The molecule has 0 N–H and O–H groups in total. The van der Waals surface area contributed by atoms with Crippen LogP contribution in [0.5, 0.6) is 0 Å². The van der Waals surface area contributed by atoms with E-state index in [0.29, 0.717) is 11.1 Å². The third-order valence-corrected chi connectivity index (χ3v) is 4.54. The molecular weight excluding hydrogens is 412 g/mol. The van der Waals surface area contributed by atoms with Crippen molar-refractivity contribution in [2.45, 2.75) is 48.0 Å². The van der Waals surface area contributed by atoms with Crippen LogP contribution in [-0.2, 0) is 14.4 Å². The second-order valence-corrected chi connectivity index (χ2v) is 9.39. The summed E-state index contributed by atoms with van der Waals surface area (Å²) in [5.74, 6) is -0.555. The van der Waals surface area contributed by atoms with Crippen molar-refractivity contribution in [2.24, 2.45) is 10.8 Å². The van der Waals surface area contributed by atoms with Crippen LogP contribution < -0.4 is 0 Å². The second-order valence-electron chi connectivity index (χ2n) is 9.39. The zero-order chi connectivity index (χ0) is 24.7. The molecule has 2 rings (SSSR count). The molecule has 8 nitrogen and oxygen atoms in total. The third-order valence-electron chi connectivity index (χ3n) is 4.54. The second kappa shape index (κ2) is 10.7. The van der Waals surface area contributed by atoms with Crippen molar-refractivity contribution in [3.05, 3.63) is 63.9 Å². The van der Waals surface area contributed by atoms with Gasteiger partial charge in [0.1, 0.15) is 5.78 Å². The summed E-state index contributed by atoms with van der Waals surface area (Å²) in [6.45, 7) is 11.2. The number of benzene rings is 1. The molecule has 1 aromatic rings. The highest BCUT2D eigenvalue weighted by Crippen LogP contribution is 2.21. The number of carbonyl (C=O) groups is 4. The Morgan fingerprint density at radius 2 is 1.44 bits per heavy atom. The largest absolute Gasteiger partial charge is 0.299 e. The fourth-order valence-corrected chi connectivity index (χ4v) is 2.57. The van der Waals surface area contributed by atoms with E-state index in [9.17, 15) is 29.3 Å². The topological polar surface area (TPSA) is 115 Å². The fourth-order valence-electron chi connectivity index (χ4n) is 2.57. The van der Waals surface area contributed by atoms with E-state index in [-0.39, 0.29) is 36.3 Å². The highest BCUT2D eigenvalue weighted by molar-refractivity contribution is 6.13. The maximum atomic E-state index is 11.9. The third kappa shape index (κ3) is 8.37. The van der Waals surface area contributed by atoms with Gasteiger partial charge in [0.25, 0.3) is 11.8 Å². The zero-order valence-electron chi connectivity index (χ0n) is 19.4. The minimum atomic E-state index is -0.520. The first-order valence-corrected chi connectivity index (χ1v) is 10.2. The SMILES string of the molecule is CC(C)(C)C(=O)CCN1C(=O)C=CC1=O.CC(C)(C)C(=O)c1ccc(/C=C\[N+](=O)[O-])cc1. The summed E-state index contributed by atoms with van der Waals surface area (Å²) >= 11 is 0. The molecule has 0 aliphatic carbocycles. The molecule has 1 heterocycles. The summed E-state index contributed by atoms with van der Waals surface area (Å²) < 4.78 is 0. The van der Waals surface area contributed by atoms with Crippen molar-refractivity contribution in [3.63, 3.8) is 0 Å². The van der Waals surface area contributed by atoms with E-state index in [2.05, 4.69) is 0 Å². The van der Waals surface area contributed by atoms with Gasteiger partial charge >= 0.3 is 0 Å².